The van der Waals surface area contributed by atoms with Crippen LogP contribution in [0.15, 0.2) is 6.07 Å². The zero-order chi connectivity index (χ0) is 11.4. The molecule has 3 heteroatoms. The summed E-state index contributed by atoms with van der Waals surface area (Å²) in [6, 6.07) is 3.23. The first-order valence-corrected chi connectivity index (χ1v) is 5.09. The standard InChI is InChI=1S/C12H15FN2/c1-3-4-5-10-8(2)12(13)9(7-14)6-11(10)15/h6H,3-5,15H2,1-2H3. The van der Waals surface area contributed by atoms with Crippen molar-refractivity contribution in [1.82, 2.24) is 0 Å². The Morgan fingerprint density at radius 1 is 1.53 bits per heavy atom. The molecule has 80 valence electrons. The minimum Gasteiger partial charge on any atom is -0.398 e. The largest absolute Gasteiger partial charge is 0.398 e. The fourth-order valence-electron chi connectivity index (χ4n) is 1.62. The maximum atomic E-state index is 13.6. The predicted octanol–water partition coefficient (Wildman–Crippen LogP) is 2.93. The SMILES string of the molecule is CCCCc1c(N)cc(C#N)c(F)c1C. The van der Waals surface area contributed by atoms with Crippen LogP contribution in [0.2, 0.25) is 0 Å². The molecular weight excluding hydrogens is 191 g/mol. The summed E-state index contributed by atoms with van der Waals surface area (Å²) in [6.07, 6.45) is 2.80. The highest BCUT2D eigenvalue weighted by atomic mass is 19.1. The molecular formula is C12H15FN2. The van der Waals surface area contributed by atoms with E-state index in [4.69, 9.17) is 11.0 Å². The third-order valence-corrected chi connectivity index (χ3v) is 2.57. The first-order chi connectivity index (χ1) is 7.11. The molecule has 0 amide bonds. The van der Waals surface area contributed by atoms with Crippen LogP contribution < -0.4 is 5.73 Å². The molecule has 0 saturated carbocycles. The Labute approximate surface area is 89.5 Å². The summed E-state index contributed by atoms with van der Waals surface area (Å²) < 4.78 is 13.6. The Hall–Kier alpha value is -1.56. The summed E-state index contributed by atoms with van der Waals surface area (Å²) in [5.74, 6) is -0.433. The normalized spacial score (nSPS) is 10.0. The van der Waals surface area contributed by atoms with Crippen molar-refractivity contribution in [2.75, 3.05) is 5.73 Å². The fraction of sp³-hybridized carbons (Fsp3) is 0.417. The highest BCUT2D eigenvalue weighted by Crippen LogP contribution is 2.24. The molecule has 1 aromatic rings. The fourth-order valence-corrected chi connectivity index (χ4v) is 1.62. The van der Waals surface area contributed by atoms with Gasteiger partial charge in [-0.1, -0.05) is 13.3 Å². The van der Waals surface area contributed by atoms with E-state index in [1.807, 2.05) is 0 Å². The van der Waals surface area contributed by atoms with Crippen molar-refractivity contribution in [2.24, 2.45) is 0 Å². The molecule has 1 aromatic carbocycles. The minimum atomic E-state index is -0.433. The van der Waals surface area contributed by atoms with Crippen LogP contribution in [0.5, 0.6) is 0 Å². The van der Waals surface area contributed by atoms with Crippen molar-refractivity contribution in [1.29, 1.82) is 5.26 Å². The Morgan fingerprint density at radius 3 is 2.73 bits per heavy atom. The van der Waals surface area contributed by atoms with Crippen LogP contribution in [0, 0.1) is 24.1 Å². The quantitative estimate of drug-likeness (QED) is 0.773. The minimum absolute atomic E-state index is 0.0326. The van der Waals surface area contributed by atoms with Crippen molar-refractivity contribution in [3.8, 4) is 6.07 Å². The number of halogens is 1. The van der Waals surface area contributed by atoms with Crippen LogP contribution in [-0.4, -0.2) is 0 Å². The lowest BCUT2D eigenvalue weighted by molar-refractivity contribution is 0.610. The van der Waals surface area contributed by atoms with Gasteiger partial charge in [0.1, 0.15) is 11.9 Å². The molecule has 0 aliphatic rings. The topological polar surface area (TPSA) is 49.8 Å². The first-order valence-electron chi connectivity index (χ1n) is 5.09. The second kappa shape index (κ2) is 4.79. The third kappa shape index (κ3) is 2.27. The van der Waals surface area contributed by atoms with Crippen LogP contribution in [0.4, 0.5) is 10.1 Å². The predicted molar refractivity (Wildman–Crippen MR) is 58.9 cm³/mol. The molecule has 15 heavy (non-hydrogen) atoms. The van der Waals surface area contributed by atoms with E-state index in [0.717, 1.165) is 24.8 Å². The van der Waals surface area contributed by atoms with Crippen LogP contribution in [-0.2, 0) is 6.42 Å². The third-order valence-electron chi connectivity index (χ3n) is 2.57. The molecule has 1 rings (SSSR count). The number of rotatable bonds is 3. The van der Waals surface area contributed by atoms with E-state index >= 15 is 0 Å². The van der Waals surface area contributed by atoms with Crippen molar-refractivity contribution < 1.29 is 4.39 Å². The maximum absolute atomic E-state index is 13.6. The van der Waals surface area contributed by atoms with Gasteiger partial charge in [-0.2, -0.15) is 5.26 Å². The highest BCUT2D eigenvalue weighted by molar-refractivity contribution is 5.56. The van der Waals surface area contributed by atoms with Gasteiger partial charge in [0.15, 0.2) is 0 Å². The summed E-state index contributed by atoms with van der Waals surface area (Å²) in [5, 5.41) is 8.69. The molecule has 0 saturated heterocycles. The summed E-state index contributed by atoms with van der Waals surface area (Å²) in [7, 11) is 0. The van der Waals surface area contributed by atoms with E-state index in [0.29, 0.717) is 11.3 Å². The smallest absolute Gasteiger partial charge is 0.144 e. The van der Waals surface area contributed by atoms with Crippen molar-refractivity contribution in [2.45, 2.75) is 33.1 Å². The summed E-state index contributed by atoms with van der Waals surface area (Å²) in [5.41, 5.74) is 7.70. The summed E-state index contributed by atoms with van der Waals surface area (Å²) in [4.78, 5) is 0. The molecule has 0 aliphatic carbocycles. The van der Waals surface area contributed by atoms with Gasteiger partial charge in [-0.25, -0.2) is 4.39 Å². The average Bonchev–Trinajstić information content (AvgIpc) is 2.23. The van der Waals surface area contributed by atoms with Gasteiger partial charge >= 0.3 is 0 Å². The molecule has 0 atom stereocenters. The first kappa shape index (κ1) is 11.5. The van der Waals surface area contributed by atoms with Crippen LogP contribution in [0.1, 0.15) is 36.5 Å². The Morgan fingerprint density at radius 2 is 2.20 bits per heavy atom. The summed E-state index contributed by atoms with van der Waals surface area (Å²) in [6.45, 7) is 3.75. The van der Waals surface area contributed by atoms with E-state index in [2.05, 4.69) is 6.92 Å². The van der Waals surface area contributed by atoms with E-state index in [1.54, 1.807) is 13.0 Å². The lowest BCUT2D eigenvalue weighted by atomic mass is 9.98. The van der Waals surface area contributed by atoms with Gasteiger partial charge in [0, 0.05) is 5.69 Å². The highest BCUT2D eigenvalue weighted by Gasteiger charge is 2.12. The monoisotopic (exact) mass is 206 g/mol. The number of unbranched alkanes of at least 4 members (excludes halogenated alkanes) is 1. The van der Waals surface area contributed by atoms with E-state index in [-0.39, 0.29) is 5.56 Å². The second-order valence-electron chi connectivity index (χ2n) is 3.65. The zero-order valence-electron chi connectivity index (χ0n) is 9.10. The average molecular weight is 206 g/mol. The van der Waals surface area contributed by atoms with E-state index in [1.165, 1.54) is 6.07 Å². The van der Waals surface area contributed by atoms with Gasteiger partial charge in [0.25, 0.3) is 0 Å². The molecule has 2 nitrogen and oxygen atoms in total. The van der Waals surface area contributed by atoms with Gasteiger partial charge in [0.2, 0.25) is 0 Å². The number of hydrogen-bond acceptors (Lipinski definition) is 2. The van der Waals surface area contributed by atoms with Gasteiger partial charge in [0.05, 0.1) is 5.56 Å². The van der Waals surface area contributed by atoms with Gasteiger partial charge < -0.3 is 5.73 Å². The van der Waals surface area contributed by atoms with Crippen LogP contribution in [0.25, 0.3) is 0 Å². The lowest BCUT2D eigenvalue weighted by Gasteiger charge is -2.10. The molecule has 0 spiro atoms. The number of anilines is 1. The van der Waals surface area contributed by atoms with Gasteiger partial charge in [-0.3, -0.25) is 0 Å². The van der Waals surface area contributed by atoms with Crippen LogP contribution in [0.3, 0.4) is 0 Å². The van der Waals surface area contributed by atoms with Crippen molar-refractivity contribution in [3.63, 3.8) is 0 Å². The van der Waals surface area contributed by atoms with Crippen molar-refractivity contribution >= 4 is 5.69 Å². The Balaban J connectivity index is 3.19. The molecule has 0 bridgehead atoms. The molecule has 0 radical (unpaired) electrons. The molecule has 0 fully saturated rings. The van der Waals surface area contributed by atoms with Crippen molar-refractivity contribution in [3.05, 3.63) is 28.6 Å². The molecule has 0 heterocycles. The lowest BCUT2D eigenvalue weighted by Crippen LogP contribution is -2.02. The van der Waals surface area contributed by atoms with E-state index < -0.39 is 5.82 Å². The number of nitrogens with two attached hydrogens (primary N) is 1. The number of benzene rings is 1. The molecule has 2 N–H and O–H groups in total. The Kier molecular flexibility index (Phi) is 3.68. The molecule has 0 aromatic heterocycles. The number of hydrogen-bond donors (Lipinski definition) is 1. The number of nitriles is 1. The van der Waals surface area contributed by atoms with E-state index in [9.17, 15) is 4.39 Å². The zero-order valence-corrected chi connectivity index (χ0v) is 9.10. The number of nitrogen functional groups attached to an aromatic ring is 1. The van der Waals surface area contributed by atoms with Gasteiger partial charge in [-0.05, 0) is 37.0 Å². The Bertz CT molecular complexity index is 405. The van der Waals surface area contributed by atoms with Crippen LogP contribution >= 0.6 is 0 Å². The molecule has 0 aliphatic heterocycles. The summed E-state index contributed by atoms with van der Waals surface area (Å²) >= 11 is 0. The molecule has 0 unspecified atom stereocenters. The number of nitrogens with zero attached hydrogens (tertiary/aromatic N) is 1. The maximum Gasteiger partial charge on any atom is 0.144 e. The second-order valence-corrected chi connectivity index (χ2v) is 3.65. The van der Waals surface area contributed by atoms with Gasteiger partial charge in [-0.15, -0.1) is 0 Å².